The average Bonchev–Trinajstić information content (AvgIpc) is 3.17. The highest BCUT2D eigenvalue weighted by Gasteiger charge is 2.22. The first-order valence-electron chi connectivity index (χ1n) is 7.71. The molecule has 1 atom stereocenters. The predicted molar refractivity (Wildman–Crippen MR) is 94.8 cm³/mol. The minimum atomic E-state index is -0.436. The fraction of sp³-hybridized carbons (Fsp3) is 0.353. The van der Waals surface area contributed by atoms with Crippen LogP contribution in [0.25, 0.3) is 10.4 Å². The summed E-state index contributed by atoms with van der Waals surface area (Å²) in [6, 6.07) is 9.83. The van der Waals surface area contributed by atoms with Crippen molar-refractivity contribution in [2.24, 2.45) is 0 Å². The van der Waals surface area contributed by atoms with Gasteiger partial charge in [0.05, 0.1) is 5.69 Å². The number of likely N-dealkylation sites (tertiary alicyclic amines) is 1. The fourth-order valence-corrected chi connectivity index (χ4v) is 3.59. The summed E-state index contributed by atoms with van der Waals surface area (Å²) in [5.41, 5.74) is 8.09. The first-order valence-corrected chi connectivity index (χ1v) is 8.59. The van der Waals surface area contributed by atoms with E-state index in [1.165, 1.54) is 0 Å². The van der Waals surface area contributed by atoms with E-state index in [2.05, 4.69) is 17.3 Å². The van der Waals surface area contributed by atoms with Crippen LogP contribution in [0.2, 0.25) is 0 Å². The zero-order valence-electron chi connectivity index (χ0n) is 13.1. The molecule has 1 aliphatic rings. The topological polar surface area (TPSA) is 67.6 Å². The normalized spacial score (nSPS) is 18.0. The number of thiophene rings is 1. The van der Waals surface area contributed by atoms with Gasteiger partial charge in [-0.3, -0.25) is 5.32 Å². The van der Waals surface area contributed by atoms with E-state index in [1.54, 1.807) is 17.4 Å². The number of rotatable bonds is 4. The van der Waals surface area contributed by atoms with Gasteiger partial charge in [-0.05, 0) is 56.1 Å². The van der Waals surface area contributed by atoms with Gasteiger partial charge in [-0.25, -0.2) is 4.79 Å². The van der Waals surface area contributed by atoms with Crippen LogP contribution in [0.1, 0.15) is 12.8 Å². The van der Waals surface area contributed by atoms with Gasteiger partial charge in [0, 0.05) is 22.2 Å². The summed E-state index contributed by atoms with van der Waals surface area (Å²) < 4.78 is 5.38. The monoisotopic (exact) mass is 331 g/mol. The lowest BCUT2D eigenvalue weighted by atomic mass is 10.1. The van der Waals surface area contributed by atoms with Crippen molar-refractivity contribution in [3.8, 4) is 10.4 Å². The standard InChI is InChI=1S/C17H21N3O2S/c1-20-8-2-4-13(20)11-22-17(21)19-15-10-12(18)6-7-14(15)16-5-3-9-23-16/h3,5-7,9-10,13H,2,4,8,11,18H2,1H3,(H,19,21)/t13-/m0/s1. The molecule has 1 aromatic carbocycles. The smallest absolute Gasteiger partial charge is 0.411 e. The predicted octanol–water partition coefficient (Wildman–Crippen LogP) is 3.64. The van der Waals surface area contributed by atoms with Crippen molar-refractivity contribution in [2.45, 2.75) is 18.9 Å². The van der Waals surface area contributed by atoms with Crippen LogP contribution < -0.4 is 11.1 Å². The summed E-state index contributed by atoms with van der Waals surface area (Å²) in [5, 5.41) is 4.83. The van der Waals surface area contributed by atoms with Crippen LogP contribution in [0.3, 0.4) is 0 Å². The van der Waals surface area contributed by atoms with Gasteiger partial charge >= 0.3 is 6.09 Å². The Balaban J connectivity index is 1.67. The molecule has 122 valence electrons. The zero-order chi connectivity index (χ0) is 16.2. The second kappa shape index (κ2) is 7.02. The molecule has 5 nitrogen and oxygen atoms in total. The summed E-state index contributed by atoms with van der Waals surface area (Å²) in [5.74, 6) is 0. The molecule has 23 heavy (non-hydrogen) atoms. The first-order chi connectivity index (χ1) is 11.1. The molecule has 0 spiro atoms. The number of nitrogens with zero attached hydrogens (tertiary/aromatic N) is 1. The zero-order valence-corrected chi connectivity index (χ0v) is 13.9. The van der Waals surface area contributed by atoms with Gasteiger partial charge in [0.2, 0.25) is 0 Å². The Kier molecular flexibility index (Phi) is 4.83. The minimum Gasteiger partial charge on any atom is -0.448 e. The average molecular weight is 331 g/mol. The molecule has 1 fully saturated rings. The second-order valence-electron chi connectivity index (χ2n) is 5.78. The first kappa shape index (κ1) is 15.8. The van der Waals surface area contributed by atoms with Crippen LogP contribution in [0.4, 0.5) is 16.2 Å². The van der Waals surface area contributed by atoms with Crippen LogP contribution in [-0.4, -0.2) is 37.2 Å². The summed E-state index contributed by atoms with van der Waals surface area (Å²) in [6.07, 6.45) is 1.79. The van der Waals surface area contributed by atoms with Crippen molar-refractivity contribution in [1.82, 2.24) is 4.90 Å². The minimum absolute atomic E-state index is 0.318. The van der Waals surface area contributed by atoms with Gasteiger partial charge in [-0.2, -0.15) is 0 Å². The van der Waals surface area contributed by atoms with E-state index < -0.39 is 6.09 Å². The quantitative estimate of drug-likeness (QED) is 0.839. The molecule has 0 radical (unpaired) electrons. The largest absolute Gasteiger partial charge is 0.448 e. The number of ether oxygens (including phenoxy) is 1. The van der Waals surface area contributed by atoms with Gasteiger partial charge in [-0.15, -0.1) is 11.3 Å². The van der Waals surface area contributed by atoms with Gasteiger partial charge in [-0.1, -0.05) is 6.07 Å². The van der Waals surface area contributed by atoms with Crippen molar-refractivity contribution in [3.63, 3.8) is 0 Å². The molecule has 0 saturated carbocycles. The lowest BCUT2D eigenvalue weighted by molar-refractivity contribution is 0.127. The molecule has 2 aromatic rings. The molecule has 0 aliphatic carbocycles. The van der Waals surface area contributed by atoms with Gasteiger partial charge in [0.15, 0.2) is 0 Å². The maximum Gasteiger partial charge on any atom is 0.411 e. The summed E-state index contributed by atoms with van der Waals surface area (Å²) in [6.45, 7) is 1.48. The molecule has 3 N–H and O–H groups in total. The van der Waals surface area contributed by atoms with Crippen LogP contribution >= 0.6 is 11.3 Å². The molecular weight excluding hydrogens is 310 g/mol. The number of hydrogen-bond acceptors (Lipinski definition) is 5. The van der Waals surface area contributed by atoms with Crippen molar-refractivity contribution in [1.29, 1.82) is 0 Å². The van der Waals surface area contributed by atoms with Crippen molar-refractivity contribution in [3.05, 3.63) is 35.7 Å². The number of nitrogen functional groups attached to an aromatic ring is 1. The van der Waals surface area contributed by atoms with Gasteiger partial charge in [0.25, 0.3) is 0 Å². The number of nitrogens with one attached hydrogen (secondary N) is 1. The molecule has 2 heterocycles. The van der Waals surface area contributed by atoms with E-state index in [0.29, 0.717) is 24.0 Å². The Labute approximate surface area is 140 Å². The molecule has 1 saturated heterocycles. The fourth-order valence-electron chi connectivity index (χ4n) is 2.82. The molecule has 6 heteroatoms. The highest BCUT2D eigenvalue weighted by molar-refractivity contribution is 7.13. The second-order valence-corrected chi connectivity index (χ2v) is 6.73. The highest BCUT2D eigenvalue weighted by atomic mass is 32.1. The Morgan fingerprint density at radius 1 is 1.48 bits per heavy atom. The molecule has 1 amide bonds. The lowest BCUT2D eigenvalue weighted by Gasteiger charge is -2.19. The Morgan fingerprint density at radius 3 is 3.04 bits per heavy atom. The van der Waals surface area contributed by atoms with Crippen molar-refractivity contribution < 1.29 is 9.53 Å². The third-order valence-corrected chi connectivity index (χ3v) is 5.05. The molecular formula is C17H21N3O2S. The third kappa shape index (κ3) is 3.83. The van der Waals surface area contributed by atoms with E-state index in [0.717, 1.165) is 29.8 Å². The number of nitrogens with two attached hydrogens (primary N) is 1. The number of likely N-dealkylation sites (N-methyl/N-ethyl adjacent to an activating group) is 1. The molecule has 3 rings (SSSR count). The number of carbonyl (C=O) groups is 1. The molecule has 1 aromatic heterocycles. The van der Waals surface area contributed by atoms with Crippen LogP contribution in [0.5, 0.6) is 0 Å². The number of benzene rings is 1. The SMILES string of the molecule is CN1CCC[C@H]1COC(=O)Nc1cc(N)ccc1-c1cccs1. The maximum absolute atomic E-state index is 12.1. The Morgan fingerprint density at radius 2 is 2.35 bits per heavy atom. The Bertz CT molecular complexity index is 672. The molecule has 0 bridgehead atoms. The van der Waals surface area contributed by atoms with E-state index in [1.807, 2.05) is 29.6 Å². The van der Waals surface area contributed by atoms with E-state index in [9.17, 15) is 4.79 Å². The molecule has 0 unspecified atom stereocenters. The number of hydrogen-bond donors (Lipinski definition) is 2. The Hall–Kier alpha value is -2.05. The lowest BCUT2D eigenvalue weighted by Crippen LogP contribution is -2.31. The van der Waals surface area contributed by atoms with Gasteiger partial charge < -0.3 is 15.4 Å². The van der Waals surface area contributed by atoms with Crippen LogP contribution in [-0.2, 0) is 4.74 Å². The highest BCUT2D eigenvalue weighted by Crippen LogP contribution is 2.33. The number of anilines is 2. The van der Waals surface area contributed by atoms with Crippen LogP contribution in [0.15, 0.2) is 35.7 Å². The maximum atomic E-state index is 12.1. The van der Waals surface area contributed by atoms with Crippen molar-refractivity contribution >= 4 is 28.8 Å². The van der Waals surface area contributed by atoms with Crippen molar-refractivity contribution in [2.75, 3.05) is 31.2 Å². The number of amides is 1. The third-order valence-electron chi connectivity index (χ3n) is 4.15. The number of carbonyl (C=O) groups excluding carboxylic acids is 1. The van der Waals surface area contributed by atoms with Gasteiger partial charge in [0.1, 0.15) is 6.61 Å². The van der Waals surface area contributed by atoms with E-state index >= 15 is 0 Å². The van der Waals surface area contributed by atoms with E-state index in [-0.39, 0.29) is 0 Å². The van der Waals surface area contributed by atoms with E-state index in [4.69, 9.17) is 10.5 Å². The summed E-state index contributed by atoms with van der Waals surface area (Å²) >= 11 is 1.62. The van der Waals surface area contributed by atoms with Crippen LogP contribution in [0, 0.1) is 0 Å². The summed E-state index contributed by atoms with van der Waals surface area (Å²) in [4.78, 5) is 15.4. The molecule has 1 aliphatic heterocycles. The summed E-state index contributed by atoms with van der Waals surface area (Å²) in [7, 11) is 2.06.